The molecule has 4 aromatic rings. The van der Waals surface area contributed by atoms with Crippen LogP contribution in [-0.2, 0) is 18.4 Å². The van der Waals surface area contributed by atoms with Gasteiger partial charge in [0.25, 0.3) is 5.56 Å². The Morgan fingerprint density at radius 2 is 1.90 bits per heavy atom. The number of aromatic nitrogens is 3. The first kappa shape index (κ1) is 18.8. The molecule has 4 rings (SSSR count). The molecule has 2 N–H and O–H groups in total. The lowest BCUT2D eigenvalue weighted by Gasteiger charge is -2.12. The minimum Gasteiger partial charge on any atom is -0.497 e. The van der Waals surface area contributed by atoms with E-state index in [0.29, 0.717) is 32.9 Å². The van der Waals surface area contributed by atoms with Gasteiger partial charge in [-0.05, 0) is 36.4 Å². The van der Waals surface area contributed by atoms with Crippen molar-refractivity contribution in [1.82, 2.24) is 13.7 Å². The summed E-state index contributed by atoms with van der Waals surface area (Å²) in [6.45, 7) is -0.382. The molecule has 2 heterocycles. The average molecular weight is 413 g/mol. The van der Waals surface area contributed by atoms with Crippen molar-refractivity contribution >= 4 is 39.4 Å². The van der Waals surface area contributed by atoms with Crippen molar-refractivity contribution in [2.75, 3.05) is 7.11 Å². The zero-order valence-electron chi connectivity index (χ0n) is 15.7. The molecule has 148 valence electrons. The van der Waals surface area contributed by atoms with Gasteiger partial charge >= 0.3 is 5.69 Å². The summed E-state index contributed by atoms with van der Waals surface area (Å²) in [6.07, 6.45) is 0. The molecule has 0 radical (unpaired) electrons. The Morgan fingerprint density at radius 1 is 1.14 bits per heavy atom. The first-order chi connectivity index (χ1) is 13.8. The van der Waals surface area contributed by atoms with Crippen LogP contribution >= 0.6 is 11.6 Å². The Kier molecular flexibility index (Phi) is 4.43. The molecule has 0 atom stereocenters. The Balaban J connectivity index is 2.25. The minimum atomic E-state index is -0.704. The number of benzene rings is 2. The molecular weight excluding hydrogens is 396 g/mol. The maximum absolute atomic E-state index is 13.4. The van der Waals surface area contributed by atoms with Crippen LogP contribution < -0.4 is 21.7 Å². The number of carbonyl (C=O) groups excluding carboxylic acids is 1. The van der Waals surface area contributed by atoms with Gasteiger partial charge in [-0.15, -0.1) is 0 Å². The van der Waals surface area contributed by atoms with Crippen LogP contribution in [0.4, 0.5) is 0 Å². The summed E-state index contributed by atoms with van der Waals surface area (Å²) in [6, 6.07) is 11.6. The molecule has 0 fully saturated rings. The highest BCUT2D eigenvalue weighted by molar-refractivity contribution is 6.30. The van der Waals surface area contributed by atoms with Crippen molar-refractivity contribution < 1.29 is 9.53 Å². The molecule has 0 unspecified atom stereocenters. The molecule has 29 heavy (non-hydrogen) atoms. The van der Waals surface area contributed by atoms with E-state index in [2.05, 4.69) is 0 Å². The molecule has 0 spiro atoms. The number of nitrogens with zero attached hydrogens (tertiary/aromatic N) is 3. The summed E-state index contributed by atoms with van der Waals surface area (Å²) >= 11 is 6.05. The van der Waals surface area contributed by atoms with E-state index in [0.717, 1.165) is 4.57 Å². The first-order valence-electron chi connectivity index (χ1n) is 8.69. The quantitative estimate of drug-likeness (QED) is 0.552. The van der Waals surface area contributed by atoms with Gasteiger partial charge in [0.05, 0.1) is 23.8 Å². The van der Waals surface area contributed by atoms with Crippen LogP contribution in [0.2, 0.25) is 5.02 Å². The highest BCUT2D eigenvalue weighted by atomic mass is 35.5. The molecule has 0 aliphatic carbocycles. The van der Waals surface area contributed by atoms with Crippen LogP contribution in [0.5, 0.6) is 5.75 Å². The summed E-state index contributed by atoms with van der Waals surface area (Å²) in [5.74, 6) is -0.147. The third kappa shape index (κ3) is 2.89. The van der Waals surface area contributed by atoms with Crippen molar-refractivity contribution in [2.24, 2.45) is 12.8 Å². The number of carbonyl (C=O) groups is 1. The molecule has 0 saturated heterocycles. The van der Waals surface area contributed by atoms with E-state index in [1.165, 1.54) is 17.7 Å². The highest BCUT2D eigenvalue weighted by Gasteiger charge is 2.22. The third-order valence-electron chi connectivity index (χ3n) is 4.86. The lowest BCUT2D eigenvalue weighted by molar-refractivity contribution is -0.118. The van der Waals surface area contributed by atoms with Crippen molar-refractivity contribution in [1.29, 1.82) is 0 Å². The fourth-order valence-electron chi connectivity index (χ4n) is 3.60. The van der Waals surface area contributed by atoms with Crippen LogP contribution in [-0.4, -0.2) is 26.7 Å². The third-order valence-corrected chi connectivity index (χ3v) is 5.09. The first-order valence-corrected chi connectivity index (χ1v) is 9.07. The zero-order valence-corrected chi connectivity index (χ0v) is 16.4. The van der Waals surface area contributed by atoms with Crippen molar-refractivity contribution in [2.45, 2.75) is 6.54 Å². The molecule has 0 bridgehead atoms. The Labute approximate surface area is 169 Å². The number of amides is 1. The van der Waals surface area contributed by atoms with E-state index in [4.69, 9.17) is 22.1 Å². The number of hydrogen-bond acceptors (Lipinski definition) is 4. The molecule has 0 saturated carbocycles. The standard InChI is InChI=1S/C20H17ClN4O4/c1-23-15-7-6-13(29-2)9-14(15)17-18(23)19(27)25(12-5-3-4-11(21)8-12)20(28)24(17)10-16(22)26/h3-9H,10H2,1-2H3,(H2,22,26). The van der Waals surface area contributed by atoms with Crippen molar-refractivity contribution in [3.8, 4) is 11.4 Å². The molecule has 0 aliphatic rings. The van der Waals surface area contributed by atoms with E-state index in [1.54, 1.807) is 48.0 Å². The summed E-state index contributed by atoms with van der Waals surface area (Å²) in [5.41, 5.74) is 5.79. The Bertz CT molecular complexity index is 1410. The van der Waals surface area contributed by atoms with Crippen LogP contribution in [0.1, 0.15) is 0 Å². The predicted molar refractivity (Wildman–Crippen MR) is 111 cm³/mol. The smallest absolute Gasteiger partial charge is 0.336 e. The maximum atomic E-state index is 13.4. The zero-order chi connectivity index (χ0) is 20.9. The Morgan fingerprint density at radius 3 is 2.55 bits per heavy atom. The van der Waals surface area contributed by atoms with Gasteiger partial charge in [-0.3, -0.25) is 14.2 Å². The Hall–Kier alpha value is -3.52. The average Bonchev–Trinajstić information content (AvgIpc) is 2.97. The minimum absolute atomic E-state index is 0.258. The second-order valence-electron chi connectivity index (χ2n) is 6.59. The van der Waals surface area contributed by atoms with Crippen LogP contribution in [0.25, 0.3) is 27.6 Å². The van der Waals surface area contributed by atoms with Gasteiger partial charge in [0, 0.05) is 17.5 Å². The monoisotopic (exact) mass is 412 g/mol. The SMILES string of the molecule is COc1ccc2c(c1)c1c(c(=O)n(-c3cccc(Cl)c3)c(=O)n1CC(N)=O)n2C. The van der Waals surface area contributed by atoms with Crippen LogP contribution in [0, 0.1) is 0 Å². The fraction of sp³-hybridized carbons (Fsp3) is 0.150. The molecule has 9 heteroatoms. The van der Waals surface area contributed by atoms with E-state index < -0.39 is 17.2 Å². The van der Waals surface area contributed by atoms with E-state index in [1.807, 2.05) is 0 Å². The summed E-state index contributed by atoms with van der Waals surface area (Å²) < 4.78 is 9.17. The number of fused-ring (bicyclic) bond motifs is 3. The van der Waals surface area contributed by atoms with Gasteiger partial charge in [-0.1, -0.05) is 17.7 Å². The van der Waals surface area contributed by atoms with Crippen LogP contribution in [0.3, 0.4) is 0 Å². The molecule has 0 aliphatic heterocycles. The lowest BCUT2D eigenvalue weighted by atomic mass is 10.2. The van der Waals surface area contributed by atoms with Gasteiger partial charge < -0.3 is 15.0 Å². The van der Waals surface area contributed by atoms with Gasteiger partial charge in [0.2, 0.25) is 5.91 Å². The number of halogens is 1. The molecular formula is C20H17ClN4O4. The topological polar surface area (TPSA) is 101 Å². The largest absolute Gasteiger partial charge is 0.497 e. The summed E-state index contributed by atoms with van der Waals surface area (Å²) in [5, 5.41) is 0.979. The number of primary amides is 1. The summed E-state index contributed by atoms with van der Waals surface area (Å²) in [7, 11) is 3.24. The second-order valence-corrected chi connectivity index (χ2v) is 7.03. The number of nitrogens with two attached hydrogens (primary N) is 1. The maximum Gasteiger partial charge on any atom is 0.336 e. The summed E-state index contributed by atoms with van der Waals surface area (Å²) in [4.78, 5) is 38.4. The molecule has 2 aromatic heterocycles. The van der Waals surface area contributed by atoms with E-state index in [-0.39, 0.29) is 12.1 Å². The number of rotatable bonds is 4. The number of aryl methyl sites for hydroxylation is 1. The normalized spacial score (nSPS) is 11.3. The van der Waals surface area contributed by atoms with Crippen LogP contribution in [0.15, 0.2) is 52.1 Å². The van der Waals surface area contributed by atoms with Crippen molar-refractivity contribution in [3.63, 3.8) is 0 Å². The van der Waals surface area contributed by atoms with E-state index >= 15 is 0 Å². The number of ether oxygens (including phenoxy) is 1. The molecule has 2 aromatic carbocycles. The second kappa shape index (κ2) is 6.82. The highest BCUT2D eigenvalue weighted by Crippen LogP contribution is 2.29. The number of hydrogen-bond donors (Lipinski definition) is 1. The van der Waals surface area contributed by atoms with Gasteiger partial charge in [0.1, 0.15) is 17.8 Å². The van der Waals surface area contributed by atoms with E-state index in [9.17, 15) is 14.4 Å². The van der Waals surface area contributed by atoms with Gasteiger partial charge in [-0.2, -0.15) is 0 Å². The van der Waals surface area contributed by atoms with Gasteiger partial charge in [-0.25, -0.2) is 9.36 Å². The van der Waals surface area contributed by atoms with Crippen molar-refractivity contribution in [3.05, 3.63) is 68.3 Å². The molecule has 8 nitrogen and oxygen atoms in total. The predicted octanol–water partition coefficient (Wildman–Crippen LogP) is 1.79. The fourth-order valence-corrected chi connectivity index (χ4v) is 3.79. The lowest BCUT2D eigenvalue weighted by Crippen LogP contribution is -2.41. The van der Waals surface area contributed by atoms with Gasteiger partial charge in [0.15, 0.2) is 0 Å². The molecule has 1 amide bonds. The number of methoxy groups -OCH3 is 1.